The SMILES string of the molecule is Cc1cc(C(=O)N(CCC(=O)NCc2ccco2)CC(C)C)c(C)o1. The topological polar surface area (TPSA) is 75.7 Å². The van der Waals surface area contributed by atoms with Gasteiger partial charge in [0.05, 0.1) is 18.4 Å². The second-order valence-electron chi connectivity index (χ2n) is 6.58. The smallest absolute Gasteiger partial charge is 0.257 e. The van der Waals surface area contributed by atoms with Crippen LogP contribution in [0.4, 0.5) is 0 Å². The number of aryl methyl sites for hydroxylation is 2. The minimum Gasteiger partial charge on any atom is -0.467 e. The van der Waals surface area contributed by atoms with Crippen LogP contribution in [0.15, 0.2) is 33.3 Å². The summed E-state index contributed by atoms with van der Waals surface area (Å²) in [7, 11) is 0. The van der Waals surface area contributed by atoms with Gasteiger partial charge in [0.2, 0.25) is 5.91 Å². The number of carbonyl (C=O) groups excluding carboxylic acids is 2. The van der Waals surface area contributed by atoms with Crippen LogP contribution in [-0.2, 0) is 11.3 Å². The Morgan fingerprint density at radius 1 is 1.28 bits per heavy atom. The van der Waals surface area contributed by atoms with Crippen molar-refractivity contribution in [2.24, 2.45) is 5.92 Å². The largest absolute Gasteiger partial charge is 0.467 e. The van der Waals surface area contributed by atoms with Gasteiger partial charge >= 0.3 is 0 Å². The van der Waals surface area contributed by atoms with E-state index in [-0.39, 0.29) is 18.2 Å². The zero-order valence-electron chi connectivity index (χ0n) is 15.3. The number of amides is 2. The molecule has 2 aromatic rings. The molecule has 6 nitrogen and oxygen atoms in total. The lowest BCUT2D eigenvalue weighted by Gasteiger charge is -2.24. The fourth-order valence-electron chi connectivity index (χ4n) is 2.65. The lowest BCUT2D eigenvalue weighted by molar-refractivity contribution is -0.121. The first-order valence-corrected chi connectivity index (χ1v) is 8.52. The maximum atomic E-state index is 12.8. The average molecular weight is 346 g/mol. The molecule has 2 rings (SSSR count). The molecule has 6 heteroatoms. The Bertz CT molecular complexity index is 701. The Morgan fingerprint density at radius 2 is 2.04 bits per heavy atom. The quantitative estimate of drug-likeness (QED) is 0.796. The molecule has 0 aromatic carbocycles. The molecule has 0 aliphatic rings. The van der Waals surface area contributed by atoms with Crippen LogP contribution in [0.2, 0.25) is 0 Å². The van der Waals surface area contributed by atoms with E-state index < -0.39 is 0 Å². The zero-order chi connectivity index (χ0) is 18.4. The van der Waals surface area contributed by atoms with E-state index in [1.165, 1.54) is 0 Å². The van der Waals surface area contributed by atoms with Gasteiger partial charge in [-0.1, -0.05) is 13.8 Å². The van der Waals surface area contributed by atoms with Gasteiger partial charge in [-0.3, -0.25) is 9.59 Å². The van der Waals surface area contributed by atoms with E-state index in [2.05, 4.69) is 5.32 Å². The number of hydrogen-bond acceptors (Lipinski definition) is 4. The first kappa shape index (κ1) is 18.8. The van der Waals surface area contributed by atoms with Crippen molar-refractivity contribution in [1.82, 2.24) is 10.2 Å². The molecule has 0 radical (unpaired) electrons. The number of nitrogens with zero attached hydrogens (tertiary/aromatic N) is 1. The van der Waals surface area contributed by atoms with E-state index in [9.17, 15) is 9.59 Å². The Hall–Kier alpha value is -2.50. The first-order valence-electron chi connectivity index (χ1n) is 8.52. The minimum atomic E-state index is -0.113. The van der Waals surface area contributed by atoms with Gasteiger partial charge in [-0.05, 0) is 38.0 Å². The van der Waals surface area contributed by atoms with Crippen molar-refractivity contribution >= 4 is 11.8 Å². The van der Waals surface area contributed by atoms with Gasteiger partial charge in [0.1, 0.15) is 17.3 Å². The number of hydrogen-bond donors (Lipinski definition) is 1. The summed E-state index contributed by atoms with van der Waals surface area (Å²) in [5.41, 5.74) is 0.564. The fourth-order valence-corrected chi connectivity index (χ4v) is 2.65. The molecule has 0 spiro atoms. The van der Waals surface area contributed by atoms with Crippen LogP contribution < -0.4 is 5.32 Å². The van der Waals surface area contributed by atoms with Gasteiger partial charge in [-0.15, -0.1) is 0 Å². The molecular formula is C19H26N2O4. The molecule has 2 amide bonds. The average Bonchev–Trinajstić information content (AvgIpc) is 3.17. The standard InChI is InChI=1S/C19H26N2O4/c1-13(2)12-21(19(23)17-10-14(3)25-15(17)4)8-7-18(22)20-11-16-6-5-9-24-16/h5-6,9-10,13H,7-8,11-12H2,1-4H3,(H,20,22). The molecule has 0 unspecified atom stereocenters. The molecule has 0 atom stereocenters. The highest BCUT2D eigenvalue weighted by atomic mass is 16.3. The third-order valence-corrected chi connectivity index (χ3v) is 3.79. The second kappa shape index (κ2) is 8.55. The van der Waals surface area contributed by atoms with Crippen LogP contribution >= 0.6 is 0 Å². The van der Waals surface area contributed by atoms with Crippen molar-refractivity contribution in [2.75, 3.05) is 13.1 Å². The van der Waals surface area contributed by atoms with Crippen LogP contribution in [0.25, 0.3) is 0 Å². The third-order valence-electron chi connectivity index (χ3n) is 3.79. The Kier molecular flexibility index (Phi) is 6.44. The molecule has 0 aliphatic carbocycles. The predicted molar refractivity (Wildman–Crippen MR) is 94.1 cm³/mol. The maximum Gasteiger partial charge on any atom is 0.257 e. The third kappa shape index (κ3) is 5.52. The predicted octanol–water partition coefficient (Wildman–Crippen LogP) is 3.29. The van der Waals surface area contributed by atoms with Crippen molar-refractivity contribution < 1.29 is 18.4 Å². The van der Waals surface area contributed by atoms with Crippen molar-refractivity contribution in [2.45, 2.75) is 40.7 Å². The molecule has 0 aliphatic heterocycles. The summed E-state index contributed by atoms with van der Waals surface area (Å²) in [6.45, 7) is 9.00. The molecule has 1 N–H and O–H groups in total. The molecule has 0 bridgehead atoms. The van der Waals surface area contributed by atoms with Gasteiger partial charge in [-0.25, -0.2) is 0 Å². The summed E-state index contributed by atoms with van der Waals surface area (Å²) < 4.78 is 10.6. The molecule has 0 fully saturated rings. The van der Waals surface area contributed by atoms with Crippen LogP contribution in [0, 0.1) is 19.8 Å². The lowest BCUT2D eigenvalue weighted by atomic mass is 10.1. The number of rotatable bonds is 8. The first-order chi connectivity index (χ1) is 11.9. The van der Waals surface area contributed by atoms with Gasteiger partial charge in [-0.2, -0.15) is 0 Å². The molecule has 2 heterocycles. The molecule has 2 aromatic heterocycles. The summed E-state index contributed by atoms with van der Waals surface area (Å²) in [6.07, 6.45) is 1.81. The zero-order valence-corrected chi connectivity index (χ0v) is 15.3. The van der Waals surface area contributed by atoms with Crippen LogP contribution in [0.5, 0.6) is 0 Å². The van der Waals surface area contributed by atoms with Crippen molar-refractivity contribution in [3.8, 4) is 0 Å². The normalized spacial score (nSPS) is 10.9. The Labute approximate surface area is 148 Å². The van der Waals surface area contributed by atoms with Crippen LogP contribution in [0.1, 0.15) is 47.9 Å². The van der Waals surface area contributed by atoms with Gasteiger partial charge in [0, 0.05) is 19.5 Å². The minimum absolute atomic E-state index is 0.0955. The van der Waals surface area contributed by atoms with Gasteiger partial charge < -0.3 is 19.1 Å². The summed E-state index contributed by atoms with van der Waals surface area (Å²) in [4.78, 5) is 26.6. The Morgan fingerprint density at radius 3 is 2.60 bits per heavy atom. The molecular weight excluding hydrogens is 320 g/mol. The summed E-state index contributed by atoms with van der Waals surface area (Å²) >= 11 is 0. The van der Waals surface area contributed by atoms with E-state index in [0.717, 1.165) is 0 Å². The fraction of sp³-hybridized carbons (Fsp3) is 0.474. The van der Waals surface area contributed by atoms with Gasteiger partial charge in [0.25, 0.3) is 5.91 Å². The Balaban J connectivity index is 1.94. The van der Waals surface area contributed by atoms with Crippen molar-refractivity contribution in [1.29, 1.82) is 0 Å². The summed E-state index contributed by atoms with van der Waals surface area (Å²) in [6, 6.07) is 5.33. The summed E-state index contributed by atoms with van der Waals surface area (Å²) in [5, 5.41) is 2.80. The van der Waals surface area contributed by atoms with Crippen LogP contribution in [0.3, 0.4) is 0 Å². The maximum absolute atomic E-state index is 12.8. The summed E-state index contributed by atoms with van der Waals surface area (Å²) in [5.74, 6) is 2.12. The van der Waals surface area contributed by atoms with Crippen molar-refractivity contribution in [3.63, 3.8) is 0 Å². The van der Waals surface area contributed by atoms with E-state index >= 15 is 0 Å². The molecule has 25 heavy (non-hydrogen) atoms. The molecule has 136 valence electrons. The van der Waals surface area contributed by atoms with E-state index in [4.69, 9.17) is 8.83 Å². The highest BCUT2D eigenvalue weighted by Gasteiger charge is 2.22. The van der Waals surface area contributed by atoms with E-state index in [0.29, 0.717) is 48.4 Å². The second-order valence-corrected chi connectivity index (χ2v) is 6.58. The van der Waals surface area contributed by atoms with E-state index in [1.807, 2.05) is 20.8 Å². The lowest BCUT2D eigenvalue weighted by Crippen LogP contribution is -2.37. The number of nitrogens with one attached hydrogen (secondary N) is 1. The number of carbonyl (C=O) groups is 2. The van der Waals surface area contributed by atoms with Gasteiger partial charge in [0.15, 0.2) is 0 Å². The van der Waals surface area contributed by atoms with E-state index in [1.54, 1.807) is 36.3 Å². The van der Waals surface area contributed by atoms with Crippen LogP contribution in [-0.4, -0.2) is 29.8 Å². The highest BCUT2D eigenvalue weighted by Crippen LogP contribution is 2.17. The monoisotopic (exact) mass is 346 g/mol. The molecule has 0 saturated carbocycles. The van der Waals surface area contributed by atoms with Crippen molar-refractivity contribution in [3.05, 3.63) is 47.3 Å². The number of furan rings is 2. The molecule has 0 saturated heterocycles. The highest BCUT2D eigenvalue weighted by molar-refractivity contribution is 5.95.